The van der Waals surface area contributed by atoms with Crippen molar-refractivity contribution in [1.29, 1.82) is 0 Å². The number of carbonyl (C=O) groups excluding carboxylic acids is 1. The molecule has 0 saturated carbocycles. The lowest BCUT2D eigenvalue weighted by Gasteiger charge is -2.02. The van der Waals surface area contributed by atoms with Gasteiger partial charge in [-0.2, -0.15) is 0 Å². The first-order valence-electron chi connectivity index (χ1n) is 2.49. The van der Waals surface area contributed by atoms with Crippen LogP contribution in [0.1, 0.15) is 6.42 Å². The molecule has 1 atom stereocenters. The second-order valence-corrected chi connectivity index (χ2v) is 1.68. The summed E-state index contributed by atoms with van der Waals surface area (Å²) in [5.41, 5.74) is 6.19. The van der Waals surface area contributed by atoms with E-state index in [1.54, 1.807) is 0 Å². The van der Waals surface area contributed by atoms with E-state index in [-0.39, 0.29) is 0 Å². The first-order chi connectivity index (χ1) is 4.57. The van der Waals surface area contributed by atoms with E-state index in [0.717, 1.165) is 0 Å². The second kappa shape index (κ2) is 3.80. The Balaban J connectivity index is 3.68. The summed E-state index contributed by atoms with van der Waals surface area (Å²) in [5.74, 6) is -2.08. The standard InChI is InChI=1S/C4H8N2O4/c5-2(4(8)9)1-3(7)6-10/h2,10H,1,5H2,(H,6,7)(H,8,9)/t2-/m1/s1. The van der Waals surface area contributed by atoms with E-state index < -0.39 is 24.3 Å². The van der Waals surface area contributed by atoms with Crippen LogP contribution >= 0.6 is 0 Å². The van der Waals surface area contributed by atoms with Crippen molar-refractivity contribution < 1.29 is 19.9 Å². The van der Waals surface area contributed by atoms with Gasteiger partial charge in [0.2, 0.25) is 5.91 Å². The molecule has 0 spiro atoms. The highest BCUT2D eigenvalue weighted by molar-refractivity contribution is 5.83. The number of nitrogens with one attached hydrogen (secondary N) is 1. The number of amides is 1. The van der Waals surface area contributed by atoms with Crippen LogP contribution in [0.25, 0.3) is 0 Å². The molecule has 0 aromatic rings. The molecule has 0 aliphatic heterocycles. The average Bonchev–Trinajstić information content (AvgIpc) is 1.87. The van der Waals surface area contributed by atoms with Crippen molar-refractivity contribution in [3.05, 3.63) is 0 Å². The zero-order valence-corrected chi connectivity index (χ0v) is 5.07. The van der Waals surface area contributed by atoms with Crippen molar-refractivity contribution in [2.45, 2.75) is 12.5 Å². The van der Waals surface area contributed by atoms with Crippen LogP contribution < -0.4 is 11.2 Å². The summed E-state index contributed by atoms with van der Waals surface area (Å²) in [6.45, 7) is 0. The van der Waals surface area contributed by atoms with Crippen molar-refractivity contribution >= 4 is 11.9 Å². The van der Waals surface area contributed by atoms with Crippen molar-refractivity contribution in [2.24, 2.45) is 5.73 Å². The summed E-state index contributed by atoms with van der Waals surface area (Å²) in [4.78, 5) is 20.2. The molecule has 0 aliphatic rings. The number of hydrogen-bond donors (Lipinski definition) is 4. The van der Waals surface area contributed by atoms with Crippen LogP contribution in [-0.2, 0) is 9.59 Å². The van der Waals surface area contributed by atoms with Gasteiger partial charge in [-0.05, 0) is 0 Å². The Morgan fingerprint density at radius 2 is 2.10 bits per heavy atom. The third kappa shape index (κ3) is 3.00. The first-order valence-corrected chi connectivity index (χ1v) is 2.49. The Labute approximate surface area is 56.6 Å². The Morgan fingerprint density at radius 1 is 1.60 bits per heavy atom. The quantitative estimate of drug-likeness (QED) is 0.281. The molecular weight excluding hydrogens is 140 g/mol. The Morgan fingerprint density at radius 3 is 2.40 bits per heavy atom. The topological polar surface area (TPSA) is 113 Å². The summed E-state index contributed by atoms with van der Waals surface area (Å²) >= 11 is 0. The van der Waals surface area contributed by atoms with E-state index in [1.807, 2.05) is 0 Å². The van der Waals surface area contributed by atoms with Gasteiger partial charge in [-0.1, -0.05) is 0 Å². The van der Waals surface area contributed by atoms with Gasteiger partial charge in [0.15, 0.2) is 0 Å². The van der Waals surface area contributed by atoms with Crippen LogP contribution in [0.4, 0.5) is 0 Å². The van der Waals surface area contributed by atoms with Gasteiger partial charge in [-0.3, -0.25) is 14.8 Å². The van der Waals surface area contributed by atoms with Crippen LogP contribution in [0.5, 0.6) is 0 Å². The minimum atomic E-state index is -1.27. The fourth-order valence-electron chi connectivity index (χ4n) is 0.333. The Bertz CT molecular complexity index is 146. The summed E-state index contributed by atoms with van der Waals surface area (Å²) in [7, 11) is 0. The first kappa shape index (κ1) is 8.86. The van der Waals surface area contributed by atoms with Gasteiger partial charge in [0, 0.05) is 0 Å². The zero-order chi connectivity index (χ0) is 8.15. The molecule has 0 aromatic carbocycles. The van der Waals surface area contributed by atoms with Crippen molar-refractivity contribution in [3.63, 3.8) is 0 Å². The Kier molecular flexibility index (Phi) is 3.37. The lowest BCUT2D eigenvalue weighted by Crippen LogP contribution is -2.35. The third-order valence-corrected chi connectivity index (χ3v) is 0.847. The van der Waals surface area contributed by atoms with Crippen molar-refractivity contribution in [1.82, 2.24) is 5.48 Å². The Hall–Kier alpha value is -1.14. The maximum atomic E-state index is 10.2. The van der Waals surface area contributed by atoms with Crippen LogP contribution in [-0.4, -0.2) is 28.2 Å². The van der Waals surface area contributed by atoms with E-state index in [2.05, 4.69) is 0 Å². The molecule has 0 heterocycles. The maximum absolute atomic E-state index is 10.2. The van der Waals surface area contributed by atoms with Crippen LogP contribution in [0.3, 0.4) is 0 Å². The molecule has 0 unspecified atom stereocenters. The van der Waals surface area contributed by atoms with Gasteiger partial charge in [0.05, 0.1) is 6.42 Å². The SMILES string of the molecule is N[C@H](CC(=O)NO)C(=O)O. The molecule has 6 nitrogen and oxygen atoms in total. The average molecular weight is 148 g/mol. The fourth-order valence-corrected chi connectivity index (χ4v) is 0.333. The number of hydrogen-bond acceptors (Lipinski definition) is 4. The number of carbonyl (C=O) groups is 2. The molecule has 10 heavy (non-hydrogen) atoms. The monoisotopic (exact) mass is 148 g/mol. The van der Waals surface area contributed by atoms with Gasteiger partial charge in [-0.15, -0.1) is 0 Å². The van der Waals surface area contributed by atoms with Crippen LogP contribution in [0.2, 0.25) is 0 Å². The molecule has 0 radical (unpaired) electrons. The van der Waals surface area contributed by atoms with Gasteiger partial charge < -0.3 is 10.8 Å². The smallest absolute Gasteiger partial charge is 0.321 e. The molecule has 0 bridgehead atoms. The van der Waals surface area contributed by atoms with Crippen molar-refractivity contribution in [2.75, 3.05) is 0 Å². The molecule has 58 valence electrons. The number of carboxylic acids is 1. The summed E-state index contributed by atoms with van der Waals surface area (Å²) in [6.07, 6.45) is -0.425. The van der Waals surface area contributed by atoms with Gasteiger partial charge >= 0.3 is 5.97 Å². The van der Waals surface area contributed by atoms with Crippen molar-refractivity contribution in [3.8, 4) is 0 Å². The predicted molar refractivity (Wildman–Crippen MR) is 30.2 cm³/mol. The van der Waals surface area contributed by atoms with Gasteiger partial charge in [0.25, 0.3) is 0 Å². The van der Waals surface area contributed by atoms with E-state index in [4.69, 9.17) is 16.0 Å². The minimum Gasteiger partial charge on any atom is -0.480 e. The third-order valence-electron chi connectivity index (χ3n) is 0.847. The number of hydroxylamine groups is 1. The number of nitrogens with two attached hydrogens (primary N) is 1. The zero-order valence-electron chi connectivity index (χ0n) is 5.07. The number of rotatable bonds is 3. The molecule has 0 rings (SSSR count). The van der Waals surface area contributed by atoms with E-state index >= 15 is 0 Å². The van der Waals surface area contributed by atoms with Gasteiger partial charge in [-0.25, -0.2) is 5.48 Å². The van der Waals surface area contributed by atoms with E-state index in [1.165, 1.54) is 5.48 Å². The molecular formula is C4H8N2O4. The van der Waals surface area contributed by atoms with Gasteiger partial charge in [0.1, 0.15) is 6.04 Å². The molecule has 0 aliphatic carbocycles. The molecule has 6 heteroatoms. The lowest BCUT2D eigenvalue weighted by atomic mass is 10.2. The largest absolute Gasteiger partial charge is 0.480 e. The molecule has 5 N–H and O–H groups in total. The van der Waals surface area contributed by atoms with Crippen LogP contribution in [0.15, 0.2) is 0 Å². The normalized spacial score (nSPS) is 12.2. The number of aliphatic carboxylic acids is 1. The maximum Gasteiger partial charge on any atom is 0.321 e. The van der Waals surface area contributed by atoms with E-state index in [9.17, 15) is 9.59 Å². The summed E-state index contributed by atoms with van der Waals surface area (Å²) in [5, 5.41) is 16.1. The molecule has 0 aromatic heterocycles. The molecule has 1 amide bonds. The highest BCUT2D eigenvalue weighted by Gasteiger charge is 2.14. The molecule has 0 saturated heterocycles. The second-order valence-electron chi connectivity index (χ2n) is 1.68. The van der Waals surface area contributed by atoms with Crippen LogP contribution in [0, 0.1) is 0 Å². The predicted octanol–water partition coefficient (Wildman–Crippen LogP) is -1.71. The minimum absolute atomic E-state index is 0.425. The highest BCUT2D eigenvalue weighted by Crippen LogP contribution is 1.86. The van der Waals surface area contributed by atoms with E-state index in [0.29, 0.717) is 0 Å². The molecule has 0 fully saturated rings. The lowest BCUT2D eigenvalue weighted by molar-refractivity contribution is -0.141. The fraction of sp³-hybridized carbons (Fsp3) is 0.500. The number of carboxylic acid groups (broad SMARTS) is 1. The highest BCUT2D eigenvalue weighted by atomic mass is 16.5. The summed E-state index contributed by atoms with van der Waals surface area (Å²) in [6, 6.07) is -1.26. The summed E-state index contributed by atoms with van der Waals surface area (Å²) < 4.78 is 0.